The molecule has 0 aliphatic heterocycles. The van der Waals surface area contributed by atoms with Gasteiger partial charge in [0.1, 0.15) is 0 Å². The summed E-state index contributed by atoms with van der Waals surface area (Å²) in [4.78, 5) is 11.2. The minimum Gasteiger partial charge on any atom is -0.352 e. The van der Waals surface area contributed by atoms with E-state index in [2.05, 4.69) is 5.32 Å². The Labute approximate surface area is 125 Å². The molecule has 0 bridgehead atoms. The normalized spacial score (nSPS) is 16.6. The highest BCUT2D eigenvalue weighted by molar-refractivity contribution is 8.13. The zero-order chi connectivity index (χ0) is 15.8. The SMILES string of the molecule is CC(CNC(=O)c1cc(S(=O)(=O)Cl)cc(F)c1F)C1CC1. The molecule has 1 aliphatic rings. The monoisotopic (exact) mass is 337 g/mol. The van der Waals surface area contributed by atoms with Crippen molar-refractivity contribution >= 4 is 25.6 Å². The van der Waals surface area contributed by atoms with Gasteiger partial charge < -0.3 is 5.32 Å². The zero-order valence-electron chi connectivity index (χ0n) is 11.2. The second-order valence-electron chi connectivity index (χ2n) is 5.23. The van der Waals surface area contributed by atoms with Gasteiger partial charge in [-0.05, 0) is 36.8 Å². The summed E-state index contributed by atoms with van der Waals surface area (Å²) in [5, 5.41) is 2.48. The fourth-order valence-electron chi connectivity index (χ4n) is 2.05. The molecule has 1 amide bonds. The van der Waals surface area contributed by atoms with Crippen LogP contribution >= 0.6 is 10.7 Å². The number of rotatable bonds is 5. The van der Waals surface area contributed by atoms with Crippen LogP contribution in [0.25, 0.3) is 0 Å². The lowest BCUT2D eigenvalue weighted by Crippen LogP contribution is -2.30. The molecule has 1 aliphatic carbocycles. The molecule has 1 saturated carbocycles. The summed E-state index contributed by atoms with van der Waals surface area (Å²) in [7, 11) is 0.841. The van der Waals surface area contributed by atoms with Gasteiger partial charge in [0.15, 0.2) is 11.6 Å². The topological polar surface area (TPSA) is 63.2 Å². The molecule has 0 aromatic heterocycles. The van der Waals surface area contributed by atoms with E-state index in [9.17, 15) is 22.0 Å². The summed E-state index contributed by atoms with van der Waals surface area (Å²) < 4.78 is 49.4. The van der Waals surface area contributed by atoms with Gasteiger partial charge in [-0.15, -0.1) is 0 Å². The van der Waals surface area contributed by atoms with Crippen LogP contribution in [0.15, 0.2) is 17.0 Å². The minimum absolute atomic E-state index is 0.238. The zero-order valence-corrected chi connectivity index (χ0v) is 12.8. The molecule has 1 atom stereocenters. The summed E-state index contributed by atoms with van der Waals surface area (Å²) in [6.07, 6.45) is 2.19. The second-order valence-corrected chi connectivity index (χ2v) is 7.80. The number of benzene rings is 1. The summed E-state index contributed by atoms with van der Waals surface area (Å²) in [5.74, 6) is -2.91. The maximum absolute atomic E-state index is 13.6. The van der Waals surface area contributed by atoms with Gasteiger partial charge >= 0.3 is 0 Å². The molecule has 1 aromatic carbocycles. The third kappa shape index (κ3) is 3.91. The molecule has 8 heteroatoms. The Hall–Kier alpha value is -1.21. The third-order valence-corrected chi connectivity index (χ3v) is 4.87. The summed E-state index contributed by atoms with van der Waals surface area (Å²) in [5.41, 5.74) is -0.669. The Morgan fingerprint density at radius 3 is 2.57 bits per heavy atom. The predicted molar refractivity (Wildman–Crippen MR) is 73.6 cm³/mol. The van der Waals surface area contributed by atoms with E-state index in [-0.39, 0.29) is 5.92 Å². The van der Waals surface area contributed by atoms with E-state index >= 15 is 0 Å². The van der Waals surface area contributed by atoms with E-state index < -0.39 is 37.1 Å². The molecular formula is C13H14ClF2NO3S. The van der Waals surface area contributed by atoms with E-state index in [4.69, 9.17) is 10.7 Å². The molecule has 21 heavy (non-hydrogen) atoms. The van der Waals surface area contributed by atoms with E-state index in [1.165, 1.54) is 0 Å². The predicted octanol–water partition coefficient (Wildman–Crippen LogP) is 2.67. The third-order valence-electron chi connectivity index (χ3n) is 3.54. The average molecular weight is 338 g/mol. The molecule has 1 N–H and O–H groups in total. The summed E-state index contributed by atoms with van der Waals surface area (Å²) in [6.45, 7) is 2.27. The van der Waals surface area contributed by atoms with Gasteiger partial charge in [0, 0.05) is 17.2 Å². The molecule has 1 aromatic rings. The standard InChI is InChI=1S/C13H14ClF2NO3S/c1-7(8-2-3-8)6-17-13(18)10-4-9(21(14,19)20)5-11(15)12(10)16/h4-5,7-8H,2-3,6H2,1H3,(H,17,18). The van der Waals surface area contributed by atoms with Gasteiger partial charge in [0.05, 0.1) is 10.5 Å². The largest absolute Gasteiger partial charge is 0.352 e. The van der Waals surface area contributed by atoms with Crippen molar-refractivity contribution in [2.24, 2.45) is 11.8 Å². The fraction of sp³-hybridized carbons (Fsp3) is 0.462. The number of carbonyl (C=O) groups is 1. The number of hydrogen-bond donors (Lipinski definition) is 1. The highest BCUT2D eigenvalue weighted by Crippen LogP contribution is 2.36. The molecule has 1 unspecified atom stereocenters. The van der Waals surface area contributed by atoms with Crippen LogP contribution in [0.2, 0.25) is 0 Å². The van der Waals surface area contributed by atoms with E-state index in [1.807, 2.05) is 6.92 Å². The first-order chi connectivity index (χ1) is 9.70. The van der Waals surface area contributed by atoms with Crippen LogP contribution < -0.4 is 5.32 Å². The highest BCUT2D eigenvalue weighted by Gasteiger charge is 2.28. The Bertz CT molecular complexity index is 674. The number of carbonyl (C=O) groups excluding carboxylic acids is 1. The smallest absolute Gasteiger partial charge is 0.261 e. The van der Waals surface area contributed by atoms with E-state index in [0.717, 1.165) is 18.9 Å². The maximum Gasteiger partial charge on any atom is 0.261 e. The Balaban J connectivity index is 2.21. The van der Waals surface area contributed by atoms with Gasteiger partial charge in [-0.3, -0.25) is 4.79 Å². The van der Waals surface area contributed by atoms with Gasteiger partial charge in [-0.25, -0.2) is 17.2 Å². The molecular weight excluding hydrogens is 324 g/mol. The van der Waals surface area contributed by atoms with Gasteiger partial charge in [0.2, 0.25) is 0 Å². The molecule has 0 radical (unpaired) electrons. The van der Waals surface area contributed by atoms with Crippen LogP contribution in [0, 0.1) is 23.5 Å². The van der Waals surface area contributed by atoms with Crippen LogP contribution in [-0.2, 0) is 9.05 Å². The number of hydrogen-bond acceptors (Lipinski definition) is 3. The molecule has 1 fully saturated rings. The van der Waals surface area contributed by atoms with Crippen molar-refractivity contribution in [3.05, 3.63) is 29.3 Å². The van der Waals surface area contributed by atoms with Crippen molar-refractivity contribution in [1.29, 1.82) is 0 Å². The maximum atomic E-state index is 13.6. The summed E-state index contributed by atoms with van der Waals surface area (Å²) in [6, 6.07) is 1.18. The Morgan fingerprint density at radius 1 is 1.43 bits per heavy atom. The average Bonchev–Trinajstić information content (AvgIpc) is 3.21. The van der Waals surface area contributed by atoms with Gasteiger partial charge in [-0.1, -0.05) is 6.92 Å². The van der Waals surface area contributed by atoms with Crippen molar-refractivity contribution < 1.29 is 22.0 Å². The molecule has 2 rings (SSSR count). The van der Waals surface area contributed by atoms with Crippen LogP contribution in [0.3, 0.4) is 0 Å². The van der Waals surface area contributed by atoms with E-state index in [0.29, 0.717) is 18.5 Å². The van der Waals surface area contributed by atoms with Crippen molar-refractivity contribution in [3.63, 3.8) is 0 Å². The van der Waals surface area contributed by atoms with Crippen molar-refractivity contribution in [2.75, 3.05) is 6.54 Å². The van der Waals surface area contributed by atoms with Crippen LogP contribution in [0.1, 0.15) is 30.1 Å². The second kappa shape index (κ2) is 5.88. The van der Waals surface area contributed by atoms with Gasteiger partial charge in [-0.2, -0.15) is 0 Å². The lowest BCUT2D eigenvalue weighted by atomic mass is 10.1. The Morgan fingerprint density at radius 2 is 2.05 bits per heavy atom. The lowest BCUT2D eigenvalue weighted by Gasteiger charge is -2.12. The van der Waals surface area contributed by atoms with Crippen molar-refractivity contribution in [1.82, 2.24) is 5.32 Å². The highest BCUT2D eigenvalue weighted by atomic mass is 35.7. The molecule has 4 nitrogen and oxygen atoms in total. The number of nitrogens with one attached hydrogen (secondary N) is 1. The van der Waals surface area contributed by atoms with Gasteiger partial charge in [0.25, 0.3) is 15.0 Å². The van der Waals surface area contributed by atoms with E-state index in [1.54, 1.807) is 0 Å². The quantitative estimate of drug-likeness (QED) is 0.840. The molecule has 0 saturated heterocycles. The number of amides is 1. The fourth-order valence-corrected chi connectivity index (χ4v) is 2.82. The Kier molecular flexibility index (Phi) is 4.53. The van der Waals surface area contributed by atoms with Crippen LogP contribution in [0.4, 0.5) is 8.78 Å². The molecule has 116 valence electrons. The first-order valence-corrected chi connectivity index (χ1v) is 8.73. The molecule has 0 heterocycles. The first kappa shape index (κ1) is 16.2. The summed E-state index contributed by atoms with van der Waals surface area (Å²) >= 11 is 0. The number of halogens is 3. The lowest BCUT2D eigenvalue weighted by molar-refractivity contribution is 0.0941. The van der Waals surface area contributed by atoms with Crippen LogP contribution in [0.5, 0.6) is 0 Å². The first-order valence-electron chi connectivity index (χ1n) is 6.42. The van der Waals surface area contributed by atoms with Crippen molar-refractivity contribution in [3.8, 4) is 0 Å². The van der Waals surface area contributed by atoms with Crippen LogP contribution in [-0.4, -0.2) is 20.9 Å². The minimum atomic E-state index is -4.25. The van der Waals surface area contributed by atoms with Crippen molar-refractivity contribution in [2.45, 2.75) is 24.7 Å². The molecule has 0 spiro atoms.